The molecule has 0 heterocycles. The monoisotopic (exact) mass is 467 g/mol. The molecule has 4 N–H and O–H groups in total. The Balaban J connectivity index is 0.000000945. The number of carboxylic acid groups (broad SMARTS) is 1. The summed E-state index contributed by atoms with van der Waals surface area (Å²) >= 11 is 0. The Hall–Kier alpha value is -3.61. The molecule has 0 bridgehead atoms. The van der Waals surface area contributed by atoms with Gasteiger partial charge < -0.3 is 20.6 Å². The van der Waals surface area contributed by atoms with Crippen LogP contribution in [0.2, 0.25) is 0 Å². The lowest BCUT2D eigenvalue weighted by molar-refractivity contribution is 0.0696. The van der Waals surface area contributed by atoms with Crippen LogP contribution in [-0.4, -0.2) is 39.4 Å². The minimum Gasteiger partial charge on any atom is -0.507 e. The number of hydrogen-bond acceptors (Lipinski definition) is 6. The molecular weight excluding hydrogens is 434 g/mol. The fourth-order valence-corrected chi connectivity index (χ4v) is 3.77. The third kappa shape index (κ3) is 5.65. The highest BCUT2D eigenvalue weighted by Crippen LogP contribution is 2.42. The highest BCUT2D eigenvalue weighted by molar-refractivity contribution is 6.31. The van der Waals surface area contributed by atoms with Gasteiger partial charge in [-0.3, -0.25) is 9.59 Å². The van der Waals surface area contributed by atoms with E-state index in [1.165, 1.54) is 18.2 Å². The quantitative estimate of drug-likeness (QED) is 0.179. The van der Waals surface area contributed by atoms with E-state index in [-0.39, 0.29) is 33.5 Å². The number of carboxylic acids is 1. The lowest BCUT2D eigenvalue weighted by Crippen LogP contribution is -2.23. The van der Waals surface area contributed by atoms with Crippen molar-refractivity contribution in [2.24, 2.45) is 5.92 Å². The van der Waals surface area contributed by atoms with Crippen LogP contribution in [0.5, 0.6) is 11.5 Å². The molecule has 2 aromatic carbocycles. The van der Waals surface area contributed by atoms with E-state index in [4.69, 9.17) is 0 Å². The molecule has 1 unspecified atom stereocenters. The van der Waals surface area contributed by atoms with Crippen molar-refractivity contribution < 1.29 is 29.7 Å². The Labute approximate surface area is 200 Å². The number of aromatic carboxylic acids is 1. The summed E-state index contributed by atoms with van der Waals surface area (Å²) in [7, 11) is 0. The maximum Gasteiger partial charge on any atom is 0.335 e. The lowest BCUT2D eigenvalue weighted by atomic mass is 9.82. The molecule has 1 aliphatic rings. The molecule has 0 spiro atoms. The zero-order chi connectivity index (χ0) is 25.4. The van der Waals surface area contributed by atoms with E-state index < -0.39 is 29.0 Å². The largest absolute Gasteiger partial charge is 0.507 e. The number of rotatable bonds is 9. The SMILES string of the molecule is C=CCC.CCCCC(CC)CNc1cc(O)c2c(c1O)C(=O)c1cc(C(=O)O)ccc1C2=O. The highest BCUT2D eigenvalue weighted by Gasteiger charge is 2.36. The summed E-state index contributed by atoms with van der Waals surface area (Å²) in [5.74, 6) is -3.03. The van der Waals surface area contributed by atoms with E-state index >= 15 is 0 Å². The van der Waals surface area contributed by atoms with Gasteiger partial charge in [-0.05, 0) is 37.0 Å². The summed E-state index contributed by atoms with van der Waals surface area (Å²) in [5, 5.41) is 33.5. The summed E-state index contributed by atoms with van der Waals surface area (Å²) in [6.45, 7) is 10.3. The van der Waals surface area contributed by atoms with E-state index in [2.05, 4.69) is 32.7 Å². The minimum atomic E-state index is -1.23. The van der Waals surface area contributed by atoms with Gasteiger partial charge in [0, 0.05) is 23.7 Å². The molecule has 7 nitrogen and oxygen atoms in total. The molecule has 1 atom stereocenters. The van der Waals surface area contributed by atoms with Gasteiger partial charge in [0.15, 0.2) is 17.3 Å². The molecule has 0 saturated carbocycles. The summed E-state index contributed by atoms with van der Waals surface area (Å²) in [6.07, 6.45) is 7.07. The van der Waals surface area contributed by atoms with Gasteiger partial charge in [0.2, 0.25) is 0 Å². The first-order chi connectivity index (χ1) is 16.2. The van der Waals surface area contributed by atoms with Crippen molar-refractivity contribution in [3.63, 3.8) is 0 Å². The Morgan fingerprint density at radius 2 is 1.71 bits per heavy atom. The van der Waals surface area contributed by atoms with E-state index in [1.54, 1.807) is 0 Å². The van der Waals surface area contributed by atoms with Gasteiger partial charge in [-0.2, -0.15) is 0 Å². The van der Waals surface area contributed by atoms with Gasteiger partial charge in [0.05, 0.1) is 22.4 Å². The van der Waals surface area contributed by atoms with Crippen molar-refractivity contribution in [2.45, 2.75) is 52.9 Å². The van der Waals surface area contributed by atoms with Gasteiger partial charge in [0.1, 0.15) is 5.75 Å². The van der Waals surface area contributed by atoms with Crippen LogP contribution in [0.3, 0.4) is 0 Å². The molecule has 0 radical (unpaired) electrons. The van der Waals surface area contributed by atoms with Crippen molar-refractivity contribution in [1.29, 1.82) is 0 Å². The molecule has 0 saturated heterocycles. The maximum atomic E-state index is 13.0. The standard InChI is InChI=1S/C23H25NO6.C4H8/c1-3-5-6-12(4-2)11-24-16-10-17(25)18-19(22(16)28)21(27)15-9-13(23(29)30)7-8-14(15)20(18)26;1-3-4-2/h7-10,12,24-25,28H,3-6,11H2,1-2H3,(H,29,30);3H,1,4H2,2H3. The van der Waals surface area contributed by atoms with Crippen molar-refractivity contribution in [3.05, 3.63) is 64.7 Å². The van der Waals surface area contributed by atoms with Crippen LogP contribution in [0, 0.1) is 5.92 Å². The topological polar surface area (TPSA) is 124 Å². The number of unbranched alkanes of at least 4 members (excludes halogenated alkanes) is 1. The number of anilines is 1. The number of aromatic hydroxyl groups is 2. The second kappa shape index (κ2) is 12.0. The van der Waals surface area contributed by atoms with Crippen LogP contribution in [0.4, 0.5) is 5.69 Å². The zero-order valence-corrected chi connectivity index (χ0v) is 20.0. The van der Waals surface area contributed by atoms with Gasteiger partial charge in [0.25, 0.3) is 0 Å². The first-order valence-corrected chi connectivity index (χ1v) is 11.6. The zero-order valence-electron chi connectivity index (χ0n) is 20.0. The maximum absolute atomic E-state index is 13.0. The van der Waals surface area contributed by atoms with Crippen LogP contribution in [0.1, 0.15) is 95.1 Å². The Morgan fingerprint density at radius 3 is 2.26 bits per heavy atom. The molecule has 0 fully saturated rings. The first kappa shape index (κ1) is 26.6. The van der Waals surface area contributed by atoms with Gasteiger partial charge in [-0.25, -0.2) is 4.79 Å². The summed E-state index contributed by atoms with van der Waals surface area (Å²) in [5.41, 5.74) is -0.652. The smallest absolute Gasteiger partial charge is 0.335 e. The molecule has 2 aromatic rings. The number of ketones is 2. The van der Waals surface area contributed by atoms with Crippen molar-refractivity contribution >= 4 is 23.2 Å². The number of phenolic OH excluding ortho intramolecular Hbond substituents is 2. The van der Waals surface area contributed by atoms with E-state index in [0.717, 1.165) is 38.2 Å². The Kier molecular flexibility index (Phi) is 9.42. The molecule has 3 rings (SSSR count). The molecule has 0 amide bonds. The second-order valence-electron chi connectivity index (χ2n) is 8.26. The molecule has 34 heavy (non-hydrogen) atoms. The third-order valence-electron chi connectivity index (χ3n) is 5.90. The Morgan fingerprint density at radius 1 is 1.06 bits per heavy atom. The fourth-order valence-electron chi connectivity index (χ4n) is 3.77. The summed E-state index contributed by atoms with van der Waals surface area (Å²) in [6, 6.07) is 4.85. The molecule has 0 aliphatic heterocycles. The number of phenols is 2. The highest BCUT2D eigenvalue weighted by atomic mass is 16.4. The third-order valence-corrected chi connectivity index (χ3v) is 5.90. The molecule has 182 valence electrons. The molecule has 7 heteroatoms. The number of fused-ring (bicyclic) bond motifs is 2. The molecule has 1 aliphatic carbocycles. The number of nitrogens with one attached hydrogen (secondary N) is 1. The van der Waals surface area contributed by atoms with Crippen LogP contribution in [-0.2, 0) is 0 Å². The van der Waals surface area contributed by atoms with Crippen molar-refractivity contribution in [2.75, 3.05) is 11.9 Å². The van der Waals surface area contributed by atoms with Crippen LogP contribution in [0.25, 0.3) is 0 Å². The van der Waals surface area contributed by atoms with Gasteiger partial charge in [-0.1, -0.05) is 46.1 Å². The van der Waals surface area contributed by atoms with E-state index in [0.29, 0.717) is 12.5 Å². The number of carbonyl (C=O) groups excluding carboxylic acids is 2. The van der Waals surface area contributed by atoms with Gasteiger partial charge in [-0.15, -0.1) is 6.58 Å². The van der Waals surface area contributed by atoms with Crippen LogP contribution < -0.4 is 5.32 Å². The number of carbonyl (C=O) groups is 3. The number of allylic oxidation sites excluding steroid dienone is 1. The molecule has 0 aromatic heterocycles. The normalized spacial score (nSPS) is 12.7. The summed E-state index contributed by atoms with van der Waals surface area (Å²) < 4.78 is 0. The summed E-state index contributed by atoms with van der Waals surface area (Å²) in [4.78, 5) is 37.2. The number of benzene rings is 2. The fraction of sp³-hybridized carbons (Fsp3) is 0.370. The predicted octanol–water partition coefficient (Wildman–Crippen LogP) is 5.78. The van der Waals surface area contributed by atoms with E-state index in [9.17, 15) is 29.7 Å². The Bertz CT molecular complexity index is 1090. The minimum absolute atomic E-state index is 0.00137. The van der Waals surface area contributed by atoms with Crippen molar-refractivity contribution in [1.82, 2.24) is 0 Å². The van der Waals surface area contributed by atoms with Crippen LogP contribution in [0.15, 0.2) is 36.9 Å². The average Bonchev–Trinajstić information content (AvgIpc) is 2.84. The molecular formula is C27H33NO6. The number of hydrogen-bond donors (Lipinski definition) is 4. The van der Waals surface area contributed by atoms with E-state index in [1.807, 2.05) is 6.08 Å². The predicted molar refractivity (Wildman–Crippen MR) is 132 cm³/mol. The van der Waals surface area contributed by atoms with Crippen LogP contribution >= 0.6 is 0 Å². The first-order valence-electron chi connectivity index (χ1n) is 11.6. The lowest BCUT2D eigenvalue weighted by Gasteiger charge is -2.23. The average molecular weight is 468 g/mol. The second-order valence-corrected chi connectivity index (χ2v) is 8.26. The van der Waals surface area contributed by atoms with Gasteiger partial charge >= 0.3 is 5.97 Å². The van der Waals surface area contributed by atoms with Crippen molar-refractivity contribution in [3.8, 4) is 11.5 Å².